The fraction of sp³-hybridized carbons (Fsp3) is 0.562. The van der Waals surface area contributed by atoms with Crippen LogP contribution in [0.25, 0.3) is 0 Å². The van der Waals surface area contributed by atoms with E-state index < -0.39 is 6.17 Å². The van der Waals surface area contributed by atoms with E-state index in [0.29, 0.717) is 18.2 Å². The zero-order valence-electron chi connectivity index (χ0n) is 11.1. The highest BCUT2D eigenvalue weighted by molar-refractivity contribution is 6.03. The van der Waals surface area contributed by atoms with E-state index in [9.17, 15) is 4.39 Å². The highest BCUT2D eigenvalue weighted by atomic mass is 19.1. The molecular formula is C16H22FN. The molecule has 0 aliphatic heterocycles. The third-order valence-electron chi connectivity index (χ3n) is 3.62. The minimum atomic E-state index is -0.936. The lowest BCUT2D eigenvalue weighted by molar-refractivity contribution is 0.403. The maximum atomic E-state index is 14.1. The number of hydrogen-bond donors (Lipinski definition) is 0. The quantitative estimate of drug-likeness (QED) is 0.692. The number of hydrogen-bond acceptors (Lipinski definition) is 1. The van der Waals surface area contributed by atoms with Crippen LogP contribution in [0.2, 0.25) is 0 Å². The van der Waals surface area contributed by atoms with E-state index in [1.165, 1.54) is 19.3 Å². The van der Waals surface area contributed by atoms with Crippen molar-refractivity contribution in [2.45, 2.75) is 57.7 Å². The summed E-state index contributed by atoms with van der Waals surface area (Å²) in [5, 5.41) is 0. The Morgan fingerprint density at radius 1 is 1.22 bits per heavy atom. The van der Waals surface area contributed by atoms with Crippen LogP contribution in [-0.4, -0.2) is 17.9 Å². The van der Waals surface area contributed by atoms with Gasteiger partial charge in [0, 0.05) is 0 Å². The average Bonchev–Trinajstić information content (AvgIpc) is 2.46. The molecular weight excluding hydrogens is 225 g/mol. The smallest absolute Gasteiger partial charge is 0.142 e. The number of aliphatic imine (C=N–C) groups is 1. The van der Waals surface area contributed by atoms with Gasteiger partial charge < -0.3 is 0 Å². The molecule has 0 heterocycles. The Kier molecular flexibility index (Phi) is 4.91. The van der Waals surface area contributed by atoms with Crippen LogP contribution in [0.5, 0.6) is 0 Å². The fourth-order valence-corrected chi connectivity index (χ4v) is 2.55. The van der Waals surface area contributed by atoms with E-state index in [1.54, 1.807) is 0 Å². The Hall–Kier alpha value is -1.18. The summed E-state index contributed by atoms with van der Waals surface area (Å²) in [4.78, 5) is 4.72. The Balaban J connectivity index is 2.21. The van der Waals surface area contributed by atoms with Crippen LogP contribution in [0, 0.1) is 0 Å². The first kappa shape index (κ1) is 13.3. The van der Waals surface area contributed by atoms with Crippen LogP contribution in [-0.2, 0) is 0 Å². The highest BCUT2D eigenvalue weighted by Gasteiger charge is 2.18. The van der Waals surface area contributed by atoms with Gasteiger partial charge in [-0.25, -0.2) is 4.39 Å². The summed E-state index contributed by atoms with van der Waals surface area (Å²) < 4.78 is 14.1. The second-order valence-corrected chi connectivity index (χ2v) is 5.05. The summed E-state index contributed by atoms with van der Waals surface area (Å²) in [6, 6.07) is 10.1. The Bertz CT molecular complexity index is 379. The van der Waals surface area contributed by atoms with Crippen molar-refractivity contribution in [3.8, 4) is 0 Å². The first-order valence-corrected chi connectivity index (χ1v) is 7.08. The average molecular weight is 247 g/mol. The number of alkyl halides is 1. The molecule has 0 N–H and O–H groups in total. The first-order chi connectivity index (χ1) is 8.81. The molecule has 0 radical (unpaired) electrons. The van der Waals surface area contributed by atoms with Crippen molar-refractivity contribution in [2.75, 3.05) is 0 Å². The van der Waals surface area contributed by atoms with Gasteiger partial charge in [0.1, 0.15) is 6.17 Å². The number of benzene rings is 1. The van der Waals surface area contributed by atoms with Crippen LogP contribution >= 0.6 is 0 Å². The summed E-state index contributed by atoms with van der Waals surface area (Å²) >= 11 is 0. The van der Waals surface area contributed by atoms with Crippen molar-refractivity contribution < 1.29 is 4.39 Å². The lowest BCUT2D eigenvalue weighted by atomic mass is 9.95. The number of rotatable bonds is 4. The standard InChI is InChI=1S/C16H22FN/c1-2-15(17)16(13-9-5-3-6-10-13)18-14-11-7-4-8-12-14/h3,5-6,9-10,14-15H,2,4,7-8,11-12H2,1H3. The van der Waals surface area contributed by atoms with Crippen molar-refractivity contribution in [1.82, 2.24) is 0 Å². The molecule has 18 heavy (non-hydrogen) atoms. The van der Waals surface area contributed by atoms with Crippen LogP contribution in [0.3, 0.4) is 0 Å². The monoisotopic (exact) mass is 247 g/mol. The van der Waals surface area contributed by atoms with Gasteiger partial charge in [-0.3, -0.25) is 4.99 Å². The predicted octanol–water partition coefficient (Wildman–Crippen LogP) is 4.56. The molecule has 1 fully saturated rings. The lowest BCUT2D eigenvalue weighted by Crippen LogP contribution is -2.21. The van der Waals surface area contributed by atoms with Crippen LogP contribution < -0.4 is 0 Å². The molecule has 0 aromatic heterocycles. The van der Waals surface area contributed by atoms with Gasteiger partial charge in [0.05, 0.1) is 11.8 Å². The topological polar surface area (TPSA) is 12.4 Å². The molecule has 1 unspecified atom stereocenters. The Labute approximate surface area is 109 Å². The molecule has 0 saturated heterocycles. The zero-order chi connectivity index (χ0) is 12.8. The third-order valence-corrected chi connectivity index (χ3v) is 3.62. The molecule has 1 atom stereocenters. The minimum Gasteiger partial charge on any atom is -0.283 e. The Morgan fingerprint density at radius 3 is 2.50 bits per heavy atom. The summed E-state index contributed by atoms with van der Waals surface area (Å²) in [6.45, 7) is 1.88. The van der Waals surface area contributed by atoms with Gasteiger partial charge in [-0.2, -0.15) is 0 Å². The van der Waals surface area contributed by atoms with Gasteiger partial charge in [0.15, 0.2) is 0 Å². The maximum absolute atomic E-state index is 14.1. The van der Waals surface area contributed by atoms with E-state index >= 15 is 0 Å². The molecule has 1 aromatic carbocycles. The molecule has 2 heteroatoms. The summed E-state index contributed by atoms with van der Waals surface area (Å²) in [7, 11) is 0. The van der Waals surface area contributed by atoms with Crippen molar-refractivity contribution in [3.05, 3.63) is 35.9 Å². The number of nitrogens with zero attached hydrogens (tertiary/aromatic N) is 1. The highest BCUT2D eigenvalue weighted by Crippen LogP contribution is 2.22. The molecule has 0 bridgehead atoms. The second-order valence-electron chi connectivity index (χ2n) is 5.05. The molecule has 1 aliphatic carbocycles. The van der Waals surface area contributed by atoms with Crippen LogP contribution in [0.15, 0.2) is 35.3 Å². The summed E-state index contributed by atoms with van der Waals surface area (Å²) in [5.41, 5.74) is 1.60. The molecule has 1 aliphatic rings. The zero-order valence-corrected chi connectivity index (χ0v) is 11.1. The van der Waals surface area contributed by atoms with Gasteiger partial charge in [-0.05, 0) is 24.8 Å². The SMILES string of the molecule is CCC(F)C(=NC1CCCCC1)c1ccccc1. The molecule has 1 aromatic rings. The van der Waals surface area contributed by atoms with E-state index in [4.69, 9.17) is 4.99 Å². The van der Waals surface area contributed by atoms with Crippen molar-refractivity contribution in [2.24, 2.45) is 4.99 Å². The summed E-state index contributed by atoms with van der Waals surface area (Å²) in [5.74, 6) is 0. The van der Waals surface area contributed by atoms with Gasteiger partial charge in [-0.15, -0.1) is 0 Å². The van der Waals surface area contributed by atoms with Gasteiger partial charge in [-0.1, -0.05) is 56.5 Å². The van der Waals surface area contributed by atoms with Crippen LogP contribution in [0.4, 0.5) is 4.39 Å². The number of halogens is 1. The molecule has 0 amide bonds. The van der Waals surface area contributed by atoms with Crippen molar-refractivity contribution in [3.63, 3.8) is 0 Å². The van der Waals surface area contributed by atoms with Crippen molar-refractivity contribution in [1.29, 1.82) is 0 Å². The van der Waals surface area contributed by atoms with Gasteiger partial charge in [0.2, 0.25) is 0 Å². The molecule has 0 spiro atoms. The van der Waals surface area contributed by atoms with Gasteiger partial charge in [0.25, 0.3) is 0 Å². The van der Waals surface area contributed by atoms with E-state index in [0.717, 1.165) is 18.4 Å². The first-order valence-electron chi connectivity index (χ1n) is 7.08. The molecule has 1 saturated carbocycles. The normalized spacial score (nSPS) is 19.8. The van der Waals surface area contributed by atoms with E-state index in [1.807, 2.05) is 37.3 Å². The molecule has 1 nitrogen and oxygen atoms in total. The van der Waals surface area contributed by atoms with Crippen LogP contribution in [0.1, 0.15) is 51.0 Å². The lowest BCUT2D eigenvalue weighted by Gasteiger charge is -2.20. The fourth-order valence-electron chi connectivity index (χ4n) is 2.55. The molecule has 98 valence electrons. The second kappa shape index (κ2) is 6.67. The van der Waals surface area contributed by atoms with E-state index in [2.05, 4.69) is 0 Å². The predicted molar refractivity (Wildman–Crippen MR) is 75.0 cm³/mol. The Morgan fingerprint density at radius 2 is 1.89 bits per heavy atom. The third kappa shape index (κ3) is 3.41. The molecule has 2 rings (SSSR count). The summed E-state index contributed by atoms with van der Waals surface area (Å²) in [6.07, 6.45) is 5.58. The van der Waals surface area contributed by atoms with Crippen molar-refractivity contribution >= 4 is 5.71 Å². The van der Waals surface area contributed by atoms with E-state index in [-0.39, 0.29) is 0 Å². The maximum Gasteiger partial charge on any atom is 0.142 e. The minimum absolute atomic E-state index is 0.332. The van der Waals surface area contributed by atoms with Gasteiger partial charge >= 0.3 is 0 Å². The largest absolute Gasteiger partial charge is 0.283 e.